The number of halogens is 3. The molecule has 2 aromatic rings. The first-order valence-electron chi connectivity index (χ1n) is 6.21. The molecule has 6 heteroatoms. The Kier molecular flexibility index (Phi) is 5.45. The smallest absolute Gasteiger partial charge is 0.162 e. The van der Waals surface area contributed by atoms with Crippen molar-refractivity contribution in [3.8, 4) is 11.5 Å². The average molecular weight is 375 g/mol. The van der Waals surface area contributed by atoms with Crippen LogP contribution in [0.25, 0.3) is 0 Å². The quantitative estimate of drug-likeness (QED) is 0.822. The van der Waals surface area contributed by atoms with Gasteiger partial charge in [0.15, 0.2) is 11.5 Å². The maximum absolute atomic E-state index is 13.2. The first-order valence-corrected chi connectivity index (χ1v) is 7.38. The molecule has 0 aliphatic heterocycles. The summed E-state index contributed by atoms with van der Waals surface area (Å²) in [6.45, 7) is 0.832. The standard InChI is InChI=1S/C15H14BrClFNO2/c1-21-14-6-11(17)4-10(15(14)20)8-19-7-9-5-12(18)2-3-13(9)16/h2-6,19-20H,7-8H2,1H3. The van der Waals surface area contributed by atoms with Gasteiger partial charge in [0.05, 0.1) is 7.11 Å². The fourth-order valence-corrected chi connectivity index (χ4v) is 2.55. The van der Waals surface area contributed by atoms with Crippen LogP contribution in [-0.2, 0) is 13.1 Å². The number of nitrogens with one attached hydrogen (secondary N) is 1. The van der Waals surface area contributed by atoms with Crippen LogP contribution in [0.1, 0.15) is 11.1 Å². The van der Waals surface area contributed by atoms with Crippen molar-refractivity contribution >= 4 is 27.5 Å². The Balaban J connectivity index is 2.07. The van der Waals surface area contributed by atoms with Crippen molar-refractivity contribution < 1.29 is 14.2 Å². The fraction of sp³-hybridized carbons (Fsp3) is 0.200. The van der Waals surface area contributed by atoms with Gasteiger partial charge in [-0.2, -0.15) is 0 Å². The predicted octanol–water partition coefficient (Wildman–Crippen LogP) is 4.25. The number of phenolic OH excluding ortho intramolecular Hbond substituents is 1. The molecule has 0 aliphatic rings. The molecule has 112 valence electrons. The van der Waals surface area contributed by atoms with Gasteiger partial charge in [0.1, 0.15) is 5.82 Å². The first kappa shape index (κ1) is 16.1. The summed E-state index contributed by atoms with van der Waals surface area (Å²) in [7, 11) is 1.46. The largest absolute Gasteiger partial charge is 0.504 e. The summed E-state index contributed by atoms with van der Waals surface area (Å²) in [5.41, 5.74) is 1.41. The number of rotatable bonds is 5. The zero-order valence-corrected chi connectivity index (χ0v) is 13.6. The van der Waals surface area contributed by atoms with E-state index in [1.54, 1.807) is 18.2 Å². The van der Waals surface area contributed by atoms with Crippen molar-refractivity contribution in [3.63, 3.8) is 0 Å². The van der Waals surface area contributed by atoms with Gasteiger partial charge in [0.2, 0.25) is 0 Å². The minimum atomic E-state index is -0.290. The molecule has 0 fully saturated rings. The summed E-state index contributed by atoms with van der Waals surface area (Å²) in [6.07, 6.45) is 0. The summed E-state index contributed by atoms with van der Waals surface area (Å²) in [4.78, 5) is 0. The third-order valence-electron chi connectivity index (χ3n) is 2.98. The molecular weight excluding hydrogens is 361 g/mol. The SMILES string of the molecule is COc1cc(Cl)cc(CNCc2cc(F)ccc2Br)c1O. The van der Waals surface area contributed by atoms with Gasteiger partial charge in [-0.15, -0.1) is 0 Å². The molecule has 0 spiro atoms. The zero-order chi connectivity index (χ0) is 15.4. The second-order valence-corrected chi connectivity index (χ2v) is 5.75. The summed E-state index contributed by atoms with van der Waals surface area (Å²) in [5, 5.41) is 13.6. The number of phenols is 1. The summed E-state index contributed by atoms with van der Waals surface area (Å²) in [5.74, 6) is 0.0845. The number of ether oxygens (including phenoxy) is 1. The predicted molar refractivity (Wildman–Crippen MR) is 84.3 cm³/mol. The van der Waals surface area contributed by atoms with E-state index >= 15 is 0 Å². The van der Waals surface area contributed by atoms with Crippen molar-refractivity contribution in [3.05, 3.63) is 56.8 Å². The second-order valence-electron chi connectivity index (χ2n) is 4.46. The van der Waals surface area contributed by atoms with Crippen molar-refractivity contribution in [2.24, 2.45) is 0 Å². The highest BCUT2D eigenvalue weighted by Gasteiger charge is 2.10. The highest BCUT2D eigenvalue weighted by Crippen LogP contribution is 2.33. The van der Waals surface area contributed by atoms with E-state index in [2.05, 4.69) is 21.2 Å². The van der Waals surface area contributed by atoms with E-state index in [1.165, 1.54) is 19.2 Å². The Morgan fingerprint density at radius 1 is 1.24 bits per heavy atom. The van der Waals surface area contributed by atoms with Crippen LogP contribution in [0, 0.1) is 5.82 Å². The molecular formula is C15H14BrClFNO2. The monoisotopic (exact) mass is 373 g/mol. The molecule has 2 rings (SSSR count). The van der Waals surface area contributed by atoms with Crippen LogP contribution < -0.4 is 10.1 Å². The minimum absolute atomic E-state index is 0.0488. The Hall–Kier alpha value is -1.30. The van der Waals surface area contributed by atoms with Crippen molar-refractivity contribution in [1.29, 1.82) is 0 Å². The van der Waals surface area contributed by atoms with Crippen molar-refractivity contribution in [2.75, 3.05) is 7.11 Å². The molecule has 0 bridgehead atoms. The molecule has 0 amide bonds. The molecule has 0 heterocycles. The summed E-state index contributed by atoms with van der Waals surface area (Å²) in [6, 6.07) is 7.71. The number of hydrogen-bond donors (Lipinski definition) is 2. The maximum Gasteiger partial charge on any atom is 0.162 e. The Morgan fingerprint density at radius 2 is 1.95 bits per heavy atom. The molecule has 0 radical (unpaired) electrons. The first-order chi connectivity index (χ1) is 10.0. The van der Waals surface area contributed by atoms with Crippen LogP contribution in [-0.4, -0.2) is 12.2 Å². The lowest BCUT2D eigenvalue weighted by Crippen LogP contribution is -2.13. The molecule has 0 aliphatic carbocycles. The molecule has 0 aromatic heterocycles. The lowest BCUT2D eigenvalue weighted by Gasteiger charge is -2.11. The summed E-state index contributed by atoms with van der Waals surface area (Å²) >= 11 is 9.34. The van der Waals surface area contributed by atoms with E-state index in [0.717, 1.165) is 10.0 Å². The van der Waals surface area contributed by atoms with E-state index in [0.29, 0.717) is 29.4 Å². The van der Waals surface area contributed by atoms with Crippen molar-refractivity contribution in [2.45, 2.75) is 13.1 Å². The van der Waals surface area contributed by atoms with Gasteiger partial charge in [-0.3, -0.25) is 0 Å². The number of aromatic hydroxyl groups is 1. The van der Waals surface area contributed by atoms with Gasteiger partial charge in [-0.1, -0.05) is 27.5 Å². The Labute approximate surface area is 135 Å². The van der Waals surface area contributed by atoms with Gasteiger partial charge in [0, 0.05) is 34.2 Å². The minimum Gasteiger partial charge on any atom is -0.504 e. The second kappa shape index (κ2) is 7.11. The van der Waals surface area contributed by atoms with E-state index < -0.39 is 0 Å². The van der Waals surface area contributed by atoms with Crippen LogP contribution >= 0.6 is 27.5 Å². The zero-order valence-electron chi connectivity index (χ0n) is 11.3. The molecule has 0 saturated heterocycles. The van der Waals surface area contributed by atoms with Crippen LogP contribution in [0.4, 0.5) is 4.39 Å². The number of benzene rings is 2. The summed E-state index contributed by atoms with van der Waals surface area (Å²) < 4.78 is 19.1. The third kappa shape index (κ3) is 4.09. The normalized spacial score (nSPS) is 10.7. The molecule has 0 unspecified atom stereocenters. The Morgan fingerprint density at radius 3 is 2.67 bits per heavy atom. The molecule has 0 atom stereocenters. The van der Waals surface area contributed by atoms with Gasteiger partial charge in [0.25, 0.3) is 0 Å². The lowest BCUT2D eigenvalue weighted by molar-refractivity contribution is 0.369. The van der Waals surface area contributed by atoms with Gasteiger partial charge in [-0.25, -0.2) is 4.39 Å². The molecule has 2 aromatic carbocycles. The van der Waals surface area contributed by atoms with E-state index in [9.17, 15) is 9.50 Å². The van der Waals surface area contributed by atoms with Gasteiger partial charge >= 0.3 is 0 Å². The van der Waals surface area contributed by atoms with Crippen molar-refractivity contribution in [1.82, 2.24) is 5.32 Å². The van der Waals surface area contributed by atoms with Crippen LogP contribution in [0.2, 0.25) is 5.02 Å². The average Bonchev–Trinajstić information content (AvgIpc) is 2.45. The van der Waals surface area contributed by atoms with E-state index in [1.807, 2.05) is 0 Å². The third-order valence-corrected chi connectivity index (χ3v) is 3.97. The Bertz CT molecular complexity index is 652. The highest BCUT2D eigenvalue weighted by atomic mass is 79.9. The van der Waals surface area contributed by atoms with E-state index in [4.69, 9.17) is 16.3 Å². The van der Waals surface area contributed by atoms with E-state index in [-0.39, 0.29) is 11.6 Å². The molecule has 2 N–H and O–H groups in total. The number of hydrogen-bond acceptors (Lipinski definition) is 3. The molecule has 21 heavy (non-hydrogen) atoms. The fourth-order valence-electron chi connectivity index (χ4n) is 1.93. The van der Waals surface area contributed by atoms with Crippen LogP contribution in [0.15, 0.2) is 34.8 Å². The molecule has 3 nitrogen and oxygen atoms in total. The van der Waals surface area contributed by atoms with Gasteiger partial charge < -0.3 is 15.2 Å². The number of methoxy groups -OCH3 is 1. The van der Waals surface area contributed by atoms with Gasteiger partial charge in [-0.05, 0) is 29.8 Å². The molecule has 0 saturated carbocycles. The topological polar surface area (TPSA) is 41.5 Å². The highest BCUT2D eigenvalue weighted by molar-refractivity contribution is 9.10. The van der Waals surface area contributed by atoms with Crippen LogP contribution in [0.5, 0.6) is 11.5 Å². The maximum atomic E-state index is 13.2. The van der Waals surface area contributed by atoms with Crippen LogP contribution in [0.3, 0.4) is 0 Å². The lowest BCUT2D eigenvalue weighted by atomic mass is 10.1.